The number of aromatic hydroxyl groups is 1. The van der Waals surface area contributed by atoms with Crippen LogP contribution in [0.5, 0.6) is 5.75 Å². The van der Waals surface area contributed by atoms with Gasteiger partial charge < -0.3 is 18.4 Å². The van der Waals surface area contributed by atoms with E-state index in [0.29, 0.717) is 5.75 Å². The van der Waals surface area contributed by atoms with E-state index in [4.69, 9.17) is 13.3 Å². The first-order valence-electron chi connectivity index (χ1n) is 11.6. The molecule has 0 unspecified atom stereocenters. The van der Waals surface area contributed by atoms with Gasteiger partial charge >= 0.3 is 8.80 Å². The molecule has 31 heavy (non-hydrogen) atoms. The molecule has 0 atom stereocenters. The largest absolute Gasteiger partial charge is 0.508 e. The monoisotopic (exact) mass is 444 g/mol. The first-order valence-corrected chi connectivity index (χ1v) is 13.6. The van der Waals surface area contributed by atoms with Gasteiger partial charge in [-0.2, -0.15) is 0 Å². The molecule has 0 spiro atoms. The minimum absolute atomic E-state index is 0.298. The smallest absolute Gasteiger partial charge is 0.500 e. The summed E-state index contributed by atoms with van der Waals surface area (Å²) in [5.74, 6) is 0.298. The lowest BCUT2D eigenvalue weighted by atomic mass is 9.95. The SMILES string of the molecule is CCCCCCCCc1ccc(-c2ccc(O)cc2CCC[Si](OC)(OC)OC)cc1. The summed E-state index contributed by atoms with van der Waals surface area (Å²) in [6, 6.07) is 15.3. The molecule has 2 aromatic rings. The van der Waals surface area contributed by atoms with E-state index in [9.17, 15) is 5.11 Å². The van der Waals surface area contributed by atoms with E-state index in [-0.39, 0.29) is 0 Å². The van der Waals surface area contributed by atoms with Gasteiger partial charge in [0.1, 0.15) is 5.75 Å². The third-order valence-electron chi connectivity index (χ3n) is 6.03. The molecule has 2 rings (SSSR count). The molecule has 4 nitrogen and oxygen atoms in total. The first-order chi connectivity index (χ1) is 15.1. The predicted octanol–water partition coefficient (Wildman–Crippen LogP) is 6.77. The van der Waals surface area contributed by atoms with Crippen LogP contribution in [0.3, 0.4) is 0 Å². The molecule has 0 fully saturated rings. The summed E-state index contributed by atoms with van der Waals surface area (Å²) in [4.78, 5) is 0. The highest BCUT2D eigenvalue weighted by atomic mass is 28.4. The van der Waals surface area contributed by atoms with Crippen LogP contribution >= 0.6 is 0 Å². The normalized spacial score (nSPS) is 11.7. The second kappa shape index (κ2) is 13.7. The Balaban J connectivity index is 1.99. The molecular formula is C26H40O4Si. The van der Waals surface area contributed by atoms with Gasteiger partial charge in [0, 0.05) is 27.4 Å². The Morgan fingerprint density at radius 3 is 2.03 bits per heavy atom. The Hall–Kier alpha value is -1.66. The summed E-state index contributed by atoms with van der Waals surface area (Å²) >= 11 is 0. The van der Waals surface area contributed by atoms with Gasteiger partial charge in [0.05, 0.1) is 0 Å². The van der Waals surface area contributed by atoms with Gasteiger partial charge in [-0.3, -0.25) is 0 Å². The standard InChI is InChI=1S/C26H40O4Si/c1-5-6-7-8-9-10-12-22-14-16-23(17-15-22)26-19-18-25(27)21-24(26)13-11-20-31(28-2,29-3)30-4/h14-19,21,27H,5-13,20H2,1-4H3. The van der Waals surface area contributed by atoms with Crippen molar-refractivity contribution in [2.24, 2.45) is 0 Å². The summed E-state index contributed by atoms with van der Waals surface area (Å²) in [6.45, 7) is 2.26. The fraction of sp³-hybridized carbons (Fsp3) is 0.538. The minimum Gasteiger partial charge on any atom is -0.508 e. The molecule has 0 aromatic heterocycles. The van der Waals surface area contributed by atoms with Crippen molar-refractivity contribution in [2.75, 3.05) is 21.3 Å². The second-order valence-corrected chi connectivity index (χ2v) is 11.3. The van der Waals surface area contributed by atoms with Crippen molar-refractivity contribution in [3.63, 3.8) is 0 Å². The molecule has 0 aliphatic heterocycles. The summed E-state index contributed by atoms with van der Waals surface area (Å²) < 4.78 is 16.6. The Bertz CT molecular complexity index is 748. The van der Waals surface area contributed by atoms with Crippen molar-refractivity contribution in [1.29, 1.82) is 0 Å². The number of hydrogen-bond donors (Lipinski definition) is 1. The van der Waals surface area contributed by atoms with Crippen LogP contribution in [0.15, 0.2) is 42.5 Å². The predicted molar refractivity (Wildman–Crippen MR) is 131 cm³/mol. The highest BCUT2D eigenvalue weighted by Crippen LogP contribution is 2.30. The lowest BCUT2D eigenvalue weighted by Crippen LogP contribution is -2.42. The van der Waals surface area contributed by atoms with Crippen molar-refractivity contribution < 1.29 is 18.4 Å². The van der Waals surface area contributed by atoms with Crippen LogP contribution in [0, 0.1) is 0 Å². The summed E-state index contributed by atoms with van der Waals surface area (Å²) in [5.41, 5.74) is 4.89. The van der Waals surface area contributed by atoms with Crippen LogP contribution in [0.4, 0.5) is 0 Å². The zero-order chi connectivity index (χ0) is 22.5. The number of phenols is 1. The fourth-order valence-corrected chi connectivity index (χ4v) is 5.80. The molecule has 0 aliphatic carbocycles. The van der Waals surface area contributed by atoms with Crippen molar-refractivity contribution in [3.05, 3.63) is 53.6 Å². The maximum Gasteiger partial charge on any atom is 0.500 e. The summed E-state index contributed by atoms with van der Waals surface area (Å²) in [6.07, 6.45) is 10.8. The summed E-state index contributed by atoms with van der Waals surface area (Å²) in [7, 11) is 2.36. The second-order valence-electron chi connectivity index (χ2n) is 8.21. The number of rotatable bonds is 15. The molecule has 5 heteroatoms. The molecule has 172 valence electrons. The van der Waals surface area contributed by atoms with Crippen molar-refractivity contribution in [1.82, 2.24) is 0 Å². The van der Waals surface area contributed by atoms with Crippen LogP contribution in [0.25, 0.3) is 11.1 Å². The molecule has 1 N–H and O–H groups in total. The molecule has 0 heterocycles. The number of aryl methyl sites for hydroxylation is 2. The minimum atomic E-state index is -2.58. The molecule has 2 aromatic carbocycles. The zero-order valence-corrected chi connectivity index (χ0v) is 20.8. The zero-order valence-electron chi connectivity index (χ0n) is 19.8. The molecule has 0 amide bonds. The Labute approximate surface area is 189 Å². The van der Waals surface area contributed by atoms with Gasteiger partial charge in [0.15, 0.2) is 0 Å². The molecule has 0 saturated heterocycles. The van der Waals surface area contributed by atoms with Crippen LogP contribution in [-0.4, -0.2) is 35.2 Å². The maximum atomic E-state index is 10.0. The average Bonchev–Trinajstić information content (AvgIpc) is 2.80. The van der Waals surface area contributed by atoms with E-state index in [1.54, 1.807) is 27.4 Å². The Morgan fingerprint density at radius 1 is 0.742 bits per heavy atom. The van der Waals surface area contributed by atoms with Gasteiger partial charge in [-0.05, 0) is 60.1 Å². The van der Waals surface area contributed by atoms with Crippen LogP contribution < -0.4 is 0 Å². The highest BCUT2D eigenvalue weighted by molar-refractivity contribution is 6.60. The topological polar surface area (TPSA) is 47.9 Å². The fourth-order valence-electron chi connectivity index (χ4n) is 4.08. The number of unbranched alkanes of at least 4 members (excludes halogenated alkanes) is 5. The number of hydrogen-bond acceptors (Lipinski definition) is 4. The van der Waals surface area contributed by atoms with Gasteiger partial charge in [-0.1, -0.05) is 69.4 Å². The molecular weight excluding hydrogens is 404 g/mol. The van der Waals surface area contributed by atoms with Crippen molar-refractivity contribution in [2.45, 2.75) is 70.8 Å². The third-order valence-corrected chi connectivity index (χ3v) is 8.87. The summed E-state index contributed by atoms with van der Waals surface area (Å²) in [5, 5.41) is 10.0. The van der Waals surface area contributed by atoms with Crippen LogP contribution in [0.1, 0.15) is 63.0 Å². The van der Waals surface area contributed by atoms with Crippen LogP contribution in [-0.2, 0) is 26.1 Å². The van der Waals surface area contributed by atoms with E-state index >= 15 is 0 Å². The molecule has 0 aliphatic rings. The van der Waals surface area contributed by atoms with Crippen molar-refractivity contribution >= 4 is 8.80 Å². The maximum absolute atomic E-state index is 10.0. The van der Waals surface area contributed by atoms with Crippen LogP contribution in [0.2, 0.25) is 6.04 Å². The first kappa shape index (κ1) is 25.6. The van der Waals surface area contributed by atoms with Gasteiger partial charge in [0.2, 0.25) is 0 Å². The number of benzene rings is 2. The van der Waals surface area contributed by atoms with E-state index in [1.165, 1.54) is 55.2 Å². The van der Waals surface area contributed by atoms with E-state index in [1.807, 2.05) is 12.1 Å². The lowest BCUT2D eigenvalue weighted by Gasteiger charge is -2.24. The lowest BCUT2D eigenvalue weighted by molar-refractivity contribution is 0.123. The van der Waals surface area contributed by atoms with E-state index in [0.717, 1.165) is 30.9 Å². The third kappa shape index (κ3) is 8.07. The molecule has 0 radical (unpaired) electrons. The molecule has 0 saturated carbocycles. The average molecular weight is 445 g/mol. The van der Waals surface area contributed by atoms with Gasteiger partial charge in [-0.25, -0.2) is 0 Å². The Morgan fingerprint density at radius 2 is 1.39 bits per heavy atom. The van der Waals surface area contributed by atoms with E-state index < -0.39 is 8.80 Å². The quantitative estimate of drug-likeness (QED) is 0.243. The van der Waals surface area contributed by atoms with Gasteiger partial charge in [0.25, 0.3) is 0 Å². The highest BCUT2D eigenvalue weighted by Gasteiger charge is 2.36. The van der Waals surface area contributed by atoms with Crippen molar-refractivity contribution in [3.8, 4) is 16.9 Å². The number of phenolic OH excluding ortho intramolecular Hbond substituents is 1. The molecule has 0 bridgehead atoms. The van der Waals surface area contributed by atoms with Gasteiger partial charge in [-0.15, -0.1) is 0 Å². The Kier molecular flexibility index (Phi) is 11.3. The van der Waals surface area contributed by atoms with E-state index in [2.05, 4.69) is 31.2 Å².